The third-order valence-electron chi connectivity index (χ3n) is 5.76. The first-order valence-corrected chi connectivity index (χ1v) is 25.6. The van der Waals surface area contributed by atoms with Gasteiger partial charge in [-0.2, -0.15) is 0 Å². The second-order valence-corrected chi connectivity index (χ2v) is 10.1. The third-order valence-corrected chi connectivity index (χ3v) is 5.76. The van der Waals surface area contributed by atoms with Crippen molar-refractivity contribution in [2.75, 3.05) is 0 Å². The second kappa shape index (κ2) is 103. The van der Waals surface area contributed by atoms with Crippen LogP contribution in [0.3, 0.4) is 0 Å². The minimum atomic E-state index is 1.32. The van der Waals surface area contributed by atoms with Gasteiger partial charge in [0.25, 0.3) is 0 Å². The summed E-state index contributed by atoms with van der Waals surface area (Å²) in [4.78, 5) is 0. The van der Waals surface area contributed by atoms with E-state index in [4.69, 9.17) is 0 Å². The Labute approximate surface area is 417 Å². The summed E-state index contributed by atoms with van der Waals surface area (Å²) in [5.41, 5.74) is 5.29. The van der Waals surface area contributed by atoms with Gasteiger partial charge in [-0.3, -0.25) is 0 Å². The zero-order valence-electron chi connectivity index (χ0n) is 47.9. The van der Waals surface area contributed by atoms with Crippen LogP contribution in [0, 0.1) is 27.7 Å². The predicted octanol–water partition coefficient (Wildman–Crippen LogP) is 23.3. The van der Waals surface area contributed by atoms with E-state index >= 15 is 0 Å². The molecular formula is C66H110. The van der Waals surface area contributed by atoms with Crippen molar-refractivity contribution in [3.63, 3.8) is 0 Å². The molecule has 0 aliphatic carbocycles. The molecule has 7 aromatic carbocycles. The molecule has 0 spiro atoms. The number of hydrogen-bond donors (Lipinski definition) is 0. The molecule has 0 aliphatic heterocycles. The monoisotopic (exact) mass is 903 g/mol. The fourth-order valence-electron chi connectivity index (χ4n) is 3.29. The molecular weight excluding hydrogens is 793 g/mol. The highest BCUT2D eigenvalue weighted by molar-refractivity contribution is 5.14. The average molecular weight is 904 g/mol. The summed E-state index contributed by atoms with van der Waals surface area (Å²) in [6, 6.07) is 77.0. The zero-order valence-corrected chi connectivity index (χ0v) is 47.9. The molecule has 0 nitrogen and oxygen atoms in total. The first-order valence-electron chi connectivity index (χ1n) is 25.6. The van der Waals surface area contributed by atoms with E-state index in [-0.39, 0.29) is 0 Å². The fraction of sp³-hybridized carbons (Fsp3) is 0.364. The van der Waals surface area contributed by atoms with Gasteiger partial charge in [0, 0.05) is 0 Å². The van der Waals surface area contributed by atoms with Gasteiger partial charge < -0.3 is 0 Å². The Morgan fingerprint density at radius 2 is 0.182 bits per heavy atom. The Balaban J connectivity index is -0.0000000652. The molecule has 0 radical (unpaired) electrons. The molecule has 0 aromatic heterocycles. The van der Waals surface area contributed by atoms with Crippen LogP contribution in [-0.4, -0.2) is 0 Å². The lowest BCUT2D eigenvalue weighted by Crippen LogP contribution is -1.62. The molecule has 0 aliphatic rings. The van der Waals surface area contributed by atoms with Crippen LogP contribution in [0.4, 0.5) is 0 Å². The molecule has 0 atom stereocenters. The smallest absolute Gasteiger partial charge is 0.0398 e. The molecule has 0 saturated heterocycles. The highest BCUT2D eigenvalue weighted by atomic mass is 13.8. The van der Waals surface area contributed by atoms with Crippen molar-refractivity contribution in [2.45, 2.75) is 166 Å². The summed E-state index contributed by atoms with van der Waals surface area (Å²) in [5, 5.41) is 0. The standard InChI is InChI=1S/4C7H8.3C6H6.10C2H6/c4*1-7-5-3-2-4-6-7;3*1-2-4-6-5-3-1;10*1-2/h4*2-6H,1H3;3*1-6H;10*1-2H3. The van der Waals surface area contributed by atoms with Gasteiger partial charge in [-0.25, -0.2) is 0 Å². The van der Waals surface area contributed by atoms with Gasteiger partial charge in [0.15, 0.2) is 0 Å². The minimum absolute atomic E-state index is 1.32. The SMILES string of the molecule is CC.CC.CC.CC.CC.CC.CC.CC.CC.CC.Cc1ccccc1.Cc1ccccc1.Cc1ccccc1.Cc1ccccc1.c1ccccc1.c1ccccc1.c1ccccc1. The lowest BCUT2D eigenvalue weighted by molar-refractivity contribution is 1.48. The van der Waals surface area contributed by atoms with Crippen LogP contribution >= 0.6 is 0 Å². The van der Waals surface area contributed by atoms with Crippen molar-refractivity contribution in [2.24, 2.45) is 0 Å². The van der Waals surface area contributed by atoms with Crippen LogP contribution < -0.4 is 0 Å². The molecule has 0 fully saturated rings. The Morgan fingerprint density at radius 3 is 0.227 bits per heavy atom. The molecule has 374 valence electrons. The quantitative estimate of drug-likeness (QED) is 0.142. The summed E-state index contributed by atoms with van der Waals surface area (Å²) < 4.78 is 0. The van der Waals surface area contributed by atoms with E-state index in [0.717, 1.165) is 0 Å². The third kappa shape index (κ3) is 97.7. The Morgan fingerprint density at radius 1 is 0.121 bits per heavy atom. The molecule has 7 rings (SSSR count). The van der Waals surface area contributed by atoms with Crippen LogP contribution in [0.25, 0.3) is 0 Å². The van der Waals surface area contributed by atoms with Gasteiger partial charge in [-0.05, 0) is 27.7 Å². The van der Waals surface area contributed by atoms with Crippen molar-refractivity contribution in [1.29, 1.82) is 0 Å². The van der Waals surface area contributed by atoms with E-state index in [1.165, 1.54) is 22.3 Å². The topological polar surface area (TPSA) is 0 Å². The van der Waals surface area contributed by atoms with E-state index in [2.05, 4.69) is 76.2 Å². The van der Waals surface area contributed by atoms with Crippen LogP contribution in [0.5, 0.6) is 0 Å². The van der Waals surface area contributed by atoms with Crippen molar-refractivity contribution < 1.29 is 0 Å². The molecule has 0 amide bonds. The molecule has 0 bridgehead atoms. The first-order chi connectivity index (χ1) is 32.6. The van der Waals surface area contributed by atoms with E-state index in [1.54, 1.807) is 0 Å². The molecule has 0 unspecified atom stereocenters. The van der Waals surface area contributed by atoms with Crippen LogP contribution in [0.2, 0.25) is 0 Å². The van der Waals surface area contributed by atoms with Crippen LogP contribution in [-0.2, 0) is 0 Å². The summed E-state index contributed by atoms with van der Waals surface area (Å²) in [5.74, 6) is 0. The number of aryl methyl sites for hydroxylation is 4. The summed E-state index contributed by atoms with van der Waals surface area (Å²) in [6.45, 7) is 48.3. The number of rotatable bonds is 0. The maximum absolute atomic E-state index is 2.08. The number of hydrogen-bond acceptors (Lipinski definition) is 0. The fourth-order valence-corrected chi connectivity index (χ4v) is 3.29. The van der Waals surface area contributed by atoms with Gasteiger partial charge in [0.2, 0.25) is 0 Å². The molecule has 7 aromatic rings. The predicted molar refractivity (Wildman–Crippen MR) is 318 cm³/mol. The molecule has 0 N–H and O–H groups in total. The van der Waals surface area contributed by atoms with Crippen LogP contribution in [0.15, 0.2) is 231 Å². The highest BCUT2D eigenvalue weighted by Crippen LogP contribution is 1.94. The van der Waals surface area contributed by atoms with Gasteiger partial charge in [-0.1, -0.05) is 391 Å². The van der Waals surface area contributed by atoms with Crippen LogP contribution in [0.1, 0.15) is 161 Å². The van der Waals surface area contributed by atoms with Crippen molar-refractivity contribution in [3.05, 3.63) is 253 Å². The minimum Gasteiger partial charge on any atom is -0.0683 e. The summed E-state index contributed by atoms with van der Waals surface area (Å²) >= 11 is 0. The van der Waals surface area contributed by atoms with Gasteiger partial charge in [0.1, 0.15) is 0 Å². The van der Waals surface area contributed by atoms with Crippen molar-refractivity contribution >= 4 is 0 Å². The van der Waals surface area contributed by atoms with Crippen molar-refractivity contribution in [1.82, 2.24) is 0 Å². The van der Waals surface area contributed by atoms with Crippen molar-refractivity contribution in [3.8, 4) is 0 Å². The second-order valence-electron chi connectivity index (χ2n) is 10.1. The Kier molecular flexibility index (Phi) is 131. The van der Waals surface area contributed by atoms with E-state index < -0.39 is 0 Å². The molecule has 0 saturated carbocycles. The maximum atomic E-state index is 2.08. The maximum Gasteiger partial charge on any atom is -0.0398 e. The van der Waals surface area contributed by atoms with E-state index in [0.29, 0.717) is 0 Å². The van der Waals surface area contributed by atoms with Gasteiger partial charge in [-0.15, -0.1) is 0 Å². The lowest BCUT2D eigenvalue weighted by atomic mass is 10.2. The normalized spacial score (nSPS) is 6.79. The van der Waals surface area contributed by atoms with E-state index in [9.17, 15) is 0 Å². The summed E-state index contributed by atoms with van der Waals surface area (Å²) in [6.07, 6.45) is 0. The molecule has 0 heteroatoms. The number of benzene rings is 7. The van der Waals surface area contributed by atoms with Gasteiger partial charge in [0.05, 0.1) is 0 Å². The molecule has 0 heterocycles. The Bertz CT molecular complexity index is 1200. The summed E-state index contributed by atoms with van der Waals surface area (Å²) in [7, 11) is 0. The largest absolute Gasteiger partial charge is 0.0683 e. The molecule has 66 heavy (non-hydrogen) atoms. The zero-order chi connectivity index (χ0) is 53.2. The van der Waals surface area contributed by atoms with Gasteiger partial charge >= 0.3 is 0 Å². The lowest BCUT2D eigenvalue weighted by Gasteiger charge is -1.82. The first kappa shape index (κ1) is 84.0. The average Bonchev–Trinajstić information content (AvgIpc) is 3.45. The highest BCUT2D eigenvalue weighted by Gasteiger charge is 1.74. The van der Waals surface area contributed by atoms with E-state index in [1.807, 2.05) is 320 Å². The Hall–Kier alpha value is -5.46.